The van der Waals surface area contributed by atoms with Crippen molar-refractivity contribution in [2.24, 2.45) is 0 Å². The third-order valence-electron chi connectivity index (χ3n) is 3.57. The van der Waals surface area contributed by atoms with Gasteiger partial charge in [0, 0.05) is 30.2 Å². The summed E-state index contributed by atoms with van der Waals surface area (Å²) < 4.78 is 8.82. The zero-order valence-corrected chi connectivity index (χ0v) is 12.3. The van der Waals surface area contributed by atoms with Crippen molar-refractivity contribution in [3.05, 3.63) is 41.3 Å². The summed E-state index contributed by atoms with van der Waals surface area (Å²) >= 11 is 3.51. The number of methoxy groups -OCH3 is 1. The highest BCUT2D eigenvalue weighted by atomic mass is 79.9. The van der Waals surface area contributed by atoms with E-state index >= 15 is 0 Å². The molecule has 1 fully saturated rings. The Bertz CT molecular complexity index is 569. The van der Waals surface area contributed by atoms with Gasteiger partial charge in [-0.25, -0.2) is 4.98 Å². The van der Waals surface area contributed by atoms with E-state index in [4.69, 9.17) is 4.74 Å². The number of nitrogens with zero attached hydrogens (tertiary/aromatic N) is 2. The molecule has 100 valence electrons. The number of aromatic nitrogens is 2. The second kappa shape index (κ2) is 5.45. The summed E-state index contributed by atoms with van der Waals surface area (Å²) in [6, 6.07) is 8.57. The first kappa shape index (κ1) is 12.8. The van der Waals surface area contributed by atoms with E-state index < -0.39 is 0 Å². The summed E-state index contributed by atoms with van der Waals surface area (Å²) in [6.45, 7) is 1.80. The van der Waals surface area contributed by atoms with Crippen LogP contribution in [0, 0.1) is 0 Å². The van der Waals surface area contributed by atoms with Gasteiger partial charge in [0.05, 0.1) is 30.4 Å². The fourth-order valence-electron chi connectivity index (χ4n) is 2.60. The predicted molar refractivity (Wildman–Crippen MR) is 78.1 cm³/mol. The average molecular weight is 322 g/mol. The molecule has 1 N–H and O–H groups in total. The van der Waals surface area contributed by atoms with Crippen LogP contribution in [0.2, 0.25) is 0 Å². The molecule has 0 amide bonds. The smallest absolute Gasteiger partial charge is 0.0954 e. The quantitative estimate of drug-likeness (QED) is 0.944. The standard InChI is InChI=1S/C14H16BrN3O/c1-19-14-8-16-7-13(14)18-9-17-6-12(18)10-3-2-4-11(15)5-10/h2-6,9,13-14,16H,7-8H2,1H3/t13?,14-/m0/s1. The van der Waals surface area contributed by atoms with E-state index in [0.717, 1.165) is 28.8 Å². The summed E-state index contributed by atoms with van der Waals surface area (Å²) in [7, 11) is 1.76. The molecule has 2 heterocycles. The van der Waals surface area contributed by atoms with Crippen molar-refractivity contribution in [2.75, 3.05) is 20.2 Å². The van der Waals surface area contributed by atoms with E-state index in [0.29, 0.717) is 6.04 Å². The van der Waals surface area contributed by atoms with Crippen molar-refractivity contribution in [3.63, 3.8) is 0 Å². The van der Waals surface area contributed by atoms with Crippen LogP contribution in [0.3, 0.4) is 0 Å². The SMILES string of the molecule is CO[C@H]1CNCC1n1cncc1-c1cccc(Br)c1. The van der Waals surface area contributed by atoms with Crippen molar-refractivity contribution >= 4 is 15.9 Å². The molecule has 0 radical (unpaired) electrons. The zero-order valence-electron chi connectivity index (χ0n) is 10.7. The van der Waals surface area contributed by atoms with E-state index in [-0.39, 0.29) is 6.10 Å². The molecule has 1 saturated heterocycles. The Kier molecular flexibility index (Phi) is 3.68. The molecule has 2 atom stereocenters. The number of imidazole rings is 1. The molecule has 0 spiro atoms. The van der Waals surface area contributed by atoms with Crippen molar-refractivity contribution < 1.29 is 4.74 Å². The molecule has 1 aromatic carbocycles. The molecule has 3 rings (SSSR count). The normalized spacial score (nSPS) is 22.8. The molecule has 0 bridgehead atoms. The molecule has 1 aliphatic heterocycles. The largest absolute Gasteiger partial charge is 0.378 e. The first-order valence-corrected chi connectivity index (χ1v) is 7.10. The highest BCUT2D eigenvalue weighted by Crippen LogP contribution is 2.28. The molecule has 19 heavy (non-hydrogen) atoms. The molecule has 0 aliphatic carbocycles. The monoisotopic (exact) mass is 321 g/mol. The van der Waals surface area contributed by atoms with Crippen LogP contribution < -0.4 is 5.32 Å². The highest BCUT2D eigenvalue weighted by Gasteiger charge is 2.29. The second-order valence-electron chi connectivity index (χ2n) is 4.70. The average Bonchev–Trinajstić information content (AvgIpc) is 3.06. The van der Waals surface area contributed by atoms with E-state index in [1.54, 1.807) is 7.11 Å². The first-order chi connectivity index (χ1) is 9.29. The third kappa shape index (κ3) is 2.45. The summed E-state index contributed by atoms with van der Waals surface area (Å²) in [5.74, 6) is 0. The fraction of sp³-hybridized carbons (Fsp3) is 0.357. The van der Waals surface area contributed by atoms with E-state index in [2.05, 4.69) is 42.9 Å². The van der Waals surface area contributed by atoms with E-state index in [1.165, 1.54) is 0 Å². The molecule has 0 saturated carbocycles. The number of rotatable bonds is 3. The maximum absolute atomic E-state index is 5.54. The van der Waals surface area contributed by atoms with Crippen molar-refractivity contribution in [2.45, 2.75) is 12.1 Å². The fourth-order valence-corrected chi connectivity index (χ4v) is 3.00. The lowest BCUT2D eigenvalue weighted by Crippen LogP contribution is -2.24. The number of halogens is 1. The van der Waals surface area contributed by atoms with Gasteiger partial charge in [0.2, 0.25) is 0 Å². The van der Waals surface area contributed by atoms with Gasteiger partial charge in [-0.15, -0.1) is 0 Å². The summed E-state index contributed by atoms with van der Waals surface area (Å²) in [5, 5.41) is 3.37. The Morgan fingerprint density at radius 1 is 1.42 bits per heavy atom. The maximum atomic E-state index is 5.54. The third-order valence-corrected chi connectivity index (χ3v) is 4.07. The van der Waals surface area contributed by atoms with Crippen molar-refractivity contribution in [1.29, 1.82) is 0 Å². The lowest BCUT2D eigenvalue weighted by molar-refractivity contribution is 0.0870. The van der Waals surface area contributed by atoms with Gasteiger partial charge in [-0.1, -0.05) is 28.1 Å². The highest BCUT2D eigenvalue weighted by molar-refractivity contribution is 9.10. The van der Waals surface area contributed by atoms with Crippen LogP contribution in [0.15, 0.2) is 41.3 Å². The Morgan fingerprint density at radius 2 is 2.32 bits per heavy atom. The second-order valence-corrected chi connectivity index (χ2v) is 5.61. The molecule has 1 unspecified atom stereocenters. The lowest BCUT2D eigenvalue weighted by atomic mass is 10.1. The van der Waals surface area contributed by atoms with Crippen molar-refractivity contribution in [3.8, 4) is 11.3 Å². The minimum atomic E-state index is 0.195. The molecule has 1 aliphatic rings. The number of hydrogen-bond donors (Lipinski definition) is 1. The Morgan fingerprint density at radius 3 is 3.11 bits per heavy atom. The van der Waals surface area contributed by atoms with Crippen LogP contribution in [0.1, 0.15) is 6.04 Å². The minimum absolute atomic E-state index is 0.195. The molecule has 4 nitrogen and oxygen atoms in total. The van der Waals surface area contributed by atoms with Crippen LogP contribution in [-0.2, 0) is 4.74 Å². The summed E-state index contributed by atoms with van der Waals surface area (Å²) in [6.07, 6.45) is 3.99. The summed E-state index contributed by atoms with van der Waals surface area (Å²) in [5.41, 5.74) is 2.28. The summed E-state index contributed by atoms with van der Waals surface area (Å²) in [4.78, 5) is 4.31. The van der Waals surface area contributed by atoms with E-state index in [1.807, 2.05) is 24.7 Å². The maximum Gasteiger partial charge on any atom is 0.0954 e. The number of benzene rings is 1. The van der Waals surface area contributed by atoms with Gasteiger partial charge in [-0.2, -0.15) is 0 Å². The number of hydrogen-bond acceptors (Lipinski definition) is 3. The van der Waals surface area contributed by atoms with Crippen LogP contribution in [0.5, 0.6) is 0 Å². The topological polar surface area (TPSA) is 39.1 Å². The van der Waals surface area contributed by atoms with Gasteiger partial charge in [0.15, 0.2) is 0 Å². The molecular weight excluding hydrogens is 306 g/mol. The Hall–Kier alpha value is -1.17. The van der Waals surface area contributed by atoms with Gasteiger partial charge < -0.3 is 14.6 Å². The van der Waals surface area contributed by atoms with Crippen LogP contribution in [0.25, 0.3) is 11.3 Å². The number of nitrogens with one attached hydrogen (secondary N) is 1. The van der Waals surface area contributed by atoms with Gasteiger partial charge in [-0.3, -0.25) is 0 Å². The first-order valence-electron chi connectivity index (χ1n) is 6.31. The van der Waals surface area contributed by atoms with Gasteiger partial charge in [0.25, 0.3) is 0 Å². The van der Waals surface area contributed by atoms with Crippen LogP contribution in [0.4, 0.5) is 0 Å². The van der Waals surface area contributed by atoms with Crippen molar-refractivity contribution in [1.82, 2.24) is 14.9 Å². The molecule has 5 heteroatoms. The zero-order chi connectivity index (χ0) is 13.2. The van der Waals surface area contributed by atoms with E-state index in [9.17, 15) is 0 Å². The van der Waals surface area contributed by atoms with Crippen LogP contribution >= 0.6 is 15.9 Å². The Labute approximate surface area is 120 Å². The minimum Gasteiger partial charge on any atom is -0.378 e. The Balaban J connectivity index is 1.98. The van der Waals surface area contributed by atoms with Gasteiger partial charge in [-0.05, 0) is 12.1 Å². The number of ether oxygens (including phenoxy) is 1. The molecular formula is C14H16BrN3O. The van der Waals surface area contributed by atoms with Gasteiger partial charge >= 0.3 is 0 Å². The molecule has 2 aromatic rings. The van der Waals surface area contributed by atoms with Crippen LogP contribution in [-0.4, -0.2) is 35.9 Å². The lowest BCUT2D eigenvalue weighted by Gasteiger charge is -2.21. The predicted octanol–water partition coefficient (Wildman–Crippen LogP) is 2.47. The van der Waals surface area contributed by atoms with Gasteiger partial charge in [0.1, 0.15) is 0 Å². The molecule has 1 aromatic heterocycles.